The van der Waals surface area contributed by atoms with Crippen LogP contribution in [-0.2, 0) is 6.61 Å². The van der Waals surface area contributed by atoms with Crippen molar-refractivity contribution in [3.63, 3.8) is 0 Å². The van der Waals surface area contributed by atoms with Crippen LogP contribution in [0.15, 0.2) is 42.5 Å². The molecule has 140 valence electrons. The van der Waals surface area contributed by atoms with Gasteiger partial charge >= 0.3 is 6.36 Å². The van der Waals surface area contributed by atoms with E-state index < -0.39 is 12.2 Å². The molecule has 7 heteroatoms. The Hall–Kier alpha value is -2.44. The minimum Gasteiger partial charge on any atom is -0.508 e. The summed E-state index contributed by atoms with van der Waals surface area (Å²) in [6.07, 6.45) is -4.75. The lowest BCUT2D eigenvalue weighted by atomic mass is 10.2. The molecule has 25 heavy (non-hydrogen) atoms. The number of ether oxygens (including phenoxy) is 2. The molecule has 2 aromatic rings. The molecule has 0 saturated heterocycles. The number of phenols is 1. The lowest BCUT2D eigenvalue weighted by Gasteiger charge is -2.10. The third kappa shape index (κ3) is 8.83. The zero-order chi connectivity index (χ0) is 19.5. The van der Waals surface area contributed by atoms with Gasteiger partial charge in [-0.3, -0.25) is 0 Å². The molecule has 0 radical (unpaired) electrons. The molecular formula is C18H22F4O3. The standard InChI is InChI=1S/C14H10F4O3.2C2H6/c15-12-6-3-10(19)7-13(12)20-8-9-1-4-11(5-2-9)21-14(16,17)18;2*1-2/h1-7,19H,8H2;2*1-2H3. The number of halogens is 4. The van der Waals surface area contributed by atoms with E-state index in [1.165, 1.54) is 18.2 Å². The maximum atomic E-state index is 13.3. The van der Waals surface area contributed by atoms with E-state index in [1.807, 2.05) is 27.7 Å². The van der Waals surface area contributed by atoms with Gasteiger partial charge in [-0.2, -0.15) is 0 Å². The largest absolute Gasteiger partial charge is 0.573 e. The van der Waals surface area contributed by atoms with Gasteiger partial charge in [-0.15, -0.1) is 13.2 Å². The Balaban J connectivity index is 0.00000134. The highest BCUT2D eigenvalue weighted by molar-refractivity contribution is 5.34. The van der Waals surface area contributed by atoms with E-state index in [0.717, 1.165) is 24.3 Å². The van der Waals surface area contributed by atoms with Crippen LogP contribution in [0.2, 0.25) is 0 Å². The molecule has 0 aromatic heterocycles. The van der Waals surface area contributed by atoms with Gasteiger partial charge in [0, 0.05) is 6.07 Å². The highest BCUT2D eigenvalue weighted by Gasteiger charge is 2.30. The first-order valence-corrected chi connectivity index (χ1v) is 7.79. The Bertz CT molecular complexity index is 611. The van der Waals surface area contributed by atoms with E-state index in [9.17, 15) is 22.7 Å². The van der Waals surface area contributed by atoms with E-state index in [4.69, 9.17) is 4.74 Å². The van der Waals surface area contributed by atoms with Crippen molar-refractivity contribution in [1.82, 2.24) is 0 Å². The van der Waals surface area contributed by atoms with Crippen molar-refractivity contribution < 1.29 is 32.1 Å². The summed E-state index contributed by atoms with van der Waals surface area (Å²) in [5, 5.41) is 9.21. The zero-order valence-electron chi connectivity index (χ0n) is 14.5. The van der Waals surface area contributed by atoms with Crippen LogP contribution in [0.5, 0.6) is 17.2 Å². The van der Waals surface area contributed by atoms with Crippen LogP contribution in [0.4, 0.5) is 17.6 Å². The predicted molar refractivity (Wildman–Crippen MR) is 88.2 cm³/mol. The summed E-state index contributed by atoms with van der Waals surface area (Å²) in [7, 11) is 0. The van der Waals surface area contributed by atoms with Gasteiger partial charge in [-0.05, 0) is 29.8 Å². The van der Waals surface area contributed by atoms with Crippen LogP contribution >= 0.6 is 0 Å². The molecule has 0 aliphatic heterocycles. The second-order valence-electron chi connectivity index (χ2n) is 4.10. The number of aromatic hydroxyl groups is 1. The molecule has 3 nitrogen and oxygen atoms in total. The molecule has 0 heterocycles. The van der Waals surface area contributed by atoms with E-state index in [1.54, 1.807) is 0 Å². The van der Waals surface area contributed by atoms with Crippen molar-refractivity contribution in [2.24, 2.45) is 0 Å². The van der Waals surface area contributed by atoms with E-state index in [0.29, 0.717) is 5.56 Å². The number of hydrogen-bond donors (Lipinski definition) is 1. The zero-order valence-corrected chi connectivity index (χ0v) is 14.5. The Morgan fingerprint density at radius 2 is 1.48 bits per heavy atom. The summed E-state index contributed by atoms with van der Waals surface area (Å²) < 4.78 is 58.2. The number of alkyl halides is 3. The maximum Gasteiger partial charge on any atom is 0.573 e. The van der Waals surface area contributed by atoms with Crippen molar-refractivity contribution >= 4 is 0 Å². The SMILES string of the molecule is CC.CC.Oc1ccc(F)c(OCc2ccc(OC(F)(F)F)cc2)c1. The summed E-state index contributed by atoms with van der Waals surface area (Å²) in [6.45, 7) is 7.94. The monoisotopic (exact) mass is 362 g/mol. The quantitative estimate of drug-likeness (QED) is 0.672. The maximum absolute atomic E-state index is 13.3. The van der Waals surface area contributed by atoms with Crippen molar-refractivity contribution in [2.75, 3.05) is 0 Å². The molecule has 0 spiro atoms. The van der Waals surface area contributed by atoms with E-state index in [-0.39, 0.29) is 23.9 Å². The van der Waals surface area contributed by atoms with Crippen LogP contribution in [0.25, 0.3) is 0 Å². The van der Waals surface area contributed by atoms with Gasteiger partial charge in [0.05, 0.1) is 0 Å². The Labute approximate surface area is 144 Å². The second-order valence-corrected chi connectivity index (χ2v) is 4.10. The average molecular weight is 362 g/mol. The van der Waals surface area contributed by atoms with Crippen LogP contribution in [-0.4, -0.2) is 11.5 Å². The summed E-state index contributed by atoms with van der Waals surface area (Å²) in [4.78, 5) is 0. The highest BCUT2D eigenvalue weighted by atomic mass is 19.4. The number of benzene rings is 2. The van der Waals surface area contributed by atoms with Gasteiger partial charge < -0.3 is 14.6 Å². The first-order chi connectivity index (χ1) is 11.8. The third-order valence-corrected chi connectivity index (χ3v) is 2.47. The van der Waals surface area contributed by atoms with Gasteiger partial charge in [-0.25, -0.2) is 4.39 Å². The van der Waals surface area contributed by atoms with Crippen molar-refractivity contribution in [2.45, 2.75) is 40.7 Å². The van der Waals surface area contributed by atoms with Gasteiger partial charge in [0.1, 0.15) is 18.1 Å². The lowest BCUT2D eigenvalue weighted by Crippen LogP contribution is -2.17. The van der Waals surface area contributed by atoms with Crippen LogP contribution in [0, 0.1) is 5.82 Å². The molecule has 0 atom stereocenters. The molecule has 0 unspecified atom stereocenters. The smallest absolute Gasteiger partial charge is 0.508 e. The average Bonchev–Trinajstić information content (AvgIpc) is 2.59. The molecule has 0 aliphatic rings. The fourth-order valence-corrected chi connectivity index (χ4v) is 1.55. The van der Waals surface area contributed by atoms with Crippen molar-refractivity contribution in [3.05, 3.63) is 53.8 Å². The molecule has 0 saturated carbocycles. The summed E-state index contributed by atoms with van der Waals surface area (Å²) >= 11 is 0. The van der Waals surface area contributed by atoms with E-state index >= 15 is 0 Å². The topological polar surface area (TPSA) is 38.7 Å². The molecular weight excluding hydrogens is 340 g/mol. The fourth-order valence-electron chi connectivity index (χ4n) is 1.55. The Morgan fingerprint density at radius 1 is 0.920 bits per heavy atom. The lowest BCUT2D eigenvalue weighted by molar-refractivity contribution is -0.274. The van der Waals surface area contributed by atoms with Crippen LogP contribution in [0.1, 0.15) is 33.3 Å². The normalized spacial score (nSPS) is 9.92. The van der Waals surface area contributed by atoms with Gasteiger partial charge in [-0.1, -0.05) is 39.8 Å². The van der Waals surface area contributed by atoms with Gasteiger partial charge in [0.2, 0.25) is 0 Å². The van der Waals surface area contributed by atoms with Gasteiger partial charge in [0.15, 0.2) is 11.6 Å². The minimum atomic E-state index is -4.75. The number of rotatable bonds is 4. The van der Waals surface area contributed by atoms with Crippen molar-refractivity contribution in [1.29, 1.82) is 0 Å². The van der Waals surface area contributed by atoms with E-state index in [2.05, 4.69) is 4.74 Å². The molecule has 1 N–H and O–H groups in total. The summed E-state index contributed by atoms with van der Waals surface area (Å²) in [5.41, 5.74) is 0.521. The predicted octanol–water partition coefficient (Wildman–Crippen LogP) is 6.06. The summed E-state index contributed by atoms with van der Waals surface area (Å²) in [6, 6.07) is 8.31. The molecule has 0 aliphatic carbocycles. The molecule has 2 rings (SSSR count). The first-order valence-electron chi connectivity index (χ1n) is 7.79. The third-order valence-electron chi connectivity index (χ3n) is 2.47. The van der Waals surface area contributed by atoms with Gasteiger partial charge in [0.25, 0.3) is 0 Å². The molecule has 0 bridgehead atoms. The number of phenolic OH excluding ortho intramolecular Hbond substituents is 1. The Kier molecular flexibility index (Phi) is 10.1. The van der Waals surface area contributed by atoms with Crippen LogP contribution in [0.3, 0.4) is 0 Å². The molecule has 0 fully saturated rings. The highest BCUT2D eigenvalue weighted by Crippen LogP contribution is 2.25. The van der Waals surface area contributed by atoms with Crippen LogP contribution < -0.4 is 9.47 Å². The fraction of sp³-hybridized carbons (Fsp3) is 0.333. The molecule has 2 aromatic carbocycles. The molecule has 0 amide bonds. The number of hydrogen-bond acceptors (Lipinski definition) is 3. The summed E-state index contributed by atoms with van der Waals surface area (Å²) in [5.74, 6) is -1.30. The minimum absolute atomic E-state index is 0.0628. The first kappa shape index (κ1) is 22.6. The van der Waals surface area contributed by atoms with Crippen molar-refractivity contribution in [3.8, 4) is 17.2 Å². The Morgan fingerprint density at radius 3 is 2.00 bits per heavy atom. The second kappa shape index (κ2) is 11.2.